The van der Waals surface area contributed by atoms with E-state index >= 15 is 0 Å². The van der Waals surface area contributed by atoms with Crippen LogP contribution in [0.1, 0.15) is 17.8 Å². The van der Waals surface area contributed by atoms with Crippen LogP contribution in [0.5, 0.6) is 0 Å². The fraction of sp³-hybridized carbons (Fsp3) is 0.636. The van der Waals surface area contributed by atoms with E-state index in [9.17, 15) is 4.79 Å². The quantitative estimate of drug-likeness (QED) is 0.794. The predicted octanol–water partition coefficient (Wildman–Crippen LogP) is 1.15. The Morgan fingerprint density at radius 1 is 1.53 bits per heavy atom. The Kier molecular flexibility index (Phi) is 5.54. The van der Waals surface area contributed by atoms with Crippen molar-refractivity contribution in [3.05, 3.63) is 16.6 Å². The van der Waals surface area contributed by atoms with E-state index in [0.717, 1.165) is 18.0 Å². The summed E-state index contributed by atoms with van der Waals surface area (Å²) in [5, 5.41) is 8.93. The molecule has 1 aromatic rings. The van der Waals surface area contributed by atoms with E-state index in [-0.39, 0.29) is 12.6 Å². The van der Waals surface area contributed by atoms with Crippen molar-refractivity contribution < 1.29 is 9.90 Å². The molecule has 0 spiro atoms. The van der Waals surface area contributed by atoms with Gasteiger partial charge in [0.15, 0.2) is 0 Å². The van der Waals surface area contributed by atoms with Gasteiger partial charge in [0.05, 0.1) is 12.1 Å². The van der Waals surface area contributed by atoms with E-state index < -0.39 is 5.97 Å². The minimum Gasteiger partial charge on any atom is -0.480 e. The SMILES string of the molecule is CC(c1cncs1)N(CCN(C)C)CC(=O)O. The van der Waals surface area contributed by atoms with E-state index in [1.54, 1.807) is 23.0 Å². The van der Waals surface area contributed by atoms with Gasteiger partial charge < -0.3 is 10.0 Å². The Labute approximate surface area is 106 Å². The zero-order chi connectivity index (χ0) is 12.8. The molecule has 0 aliphatic rings. The summed E-state index contributed by atoms with van der Waals surface area (Å²) in [4.78, 5) is 20.0. The van der Waals surface area contributed by atoms with Crippen LogP contribution in [0.3, 0.4) is 0 Å². The average Bonchev–Trinajstić information content (AvgIpc) is 2.75. The summed E-state index contributed by atoms with van der Waals surface area (Å²) in [6.45, 7) is 3.66. The Morgan fingerprint density at radius 2 is 2.24 bits per heavy atom. The number of likely N-dealkylation sites (N-methyl/N-ethyl adjacent to an activating group) is 1. The molecule has 0 saturated heterocycles. The molecule has 0 bridgehead atoms. The highest BCUT2D eigenvalue weighted by atomic mass is 32.1. The van der Waals surface area contributed by atoms with Crippen molar-refractivity contribution >= 4 is 17.3 Å². The van der Waals surface area contributed by atoms with Crippen LogP contribution >= 0.6 is 11.3 Å². The van der Waals surface area contributed by atoms with E-state index in [1.807, 2.05) is 30.8 Å². The number of nitrogens with zero attached hydrogens (tertiary/aromatic N) is 3. The van der Waals surface area contributed by atoms with Gasteiger partial charge in [-0.05, 0) is 21.0 Å². The van der Waals surface area contributed by atoms with Gasteiger partial charge in [-0.15, -0.1) is 11.3 Å². The maximum absolute atomic E-state index is 10.9. The lowest BCUT2D eigenvalue weighted by molar-refractivity contribution is -0.138. The van der Waals surface area contributed by atoms with Crippen LogP contribution in [-0.4, -0.2) is 59.6 Å². The normalized spacial score (nSPS) is 13.2. The molecular formula is C11H19N3O2S. The molecule has 1 unspecified atom stereocenters. The van der Waals surface area contributed by atoms with Gasteiger partial charge in [-0.25, -0.2) is 0 Å². The number of aliphatic carboxylic acids is 1. The molecular weight excluding hydrogens is 238 g/mol. The molecule has 6 heteroatoms. The first-order chi connectivity index (χ1) is 8.00. The van der Waals surface area contributed by atoms with Crippen LogP contribution in [0.25, 0.3) is 0 Å². The third-order valence-electron chi connectivity index (χ3n) is 2.58. The van der Waals surface area contributed by atoms with Crippen LogP contribution in [-0.2, 0) is 4.79 Å². The number of carboxylic acids is 1. The van der Waals surface area contributed by atoms with E-state index in [1.165, 1.54) is 0 Å². The van der Waals surface area contributed by atoms with Crippen LogP contribution in [0.15, 0.2) is 11.7 Å². The second-order valence-electron chi connectivity index (χ2n) is 4.25. The second kappa shape index (κ2) is 6.68. The van der Waals surface area contributed by atoms with Crippen molar-refractivity contribution in [2.45, 2.75) is 13.0 Å². The van der Waals surface area contributed by atoms with Crippen molar-refractivity contribution in [2.75, 3.05) is 33.7 Å². The largest absolute Gasteiger partial charge is 0.480 e. The minimum absolute atomic E-state index is 0.0624. The fourth-order valence-electron chi connectivity index (χ4n) is 1.52. The Morgan fingerprint density at radius 3 is 2.71 bits per heavy atom. The zero-order valence-corrected chi connectivity index (χ0v) is 11.3. The minimum atomic E-state index is -0.792. The highest BCUT2D eigenvalue weighted by Gasteiger charge is 2.19. The summed E-state index contributed by atoms with van der Waals surface area (Å²) in [6, 6.07) is 0.0959. The van der Waals surface area contributed by atoms with Gasteiger partial charge in [-0.1, -0.05) is 0 Å². The summed E-state index contributed by atoms with van der Waals surface area (Å²) >= 11 is 1.56. The Hall–Kier alpha value is -0.980. The number of carboxylic acid groups (broad SMARTS) is 1. The summed E-state index contributed by atoms with van der Waals surface area (Å²) in [5.41, 5.74) is 1.77. The molecule has 1 rings (SSSR count). The molecule has 1 heterocycles. The molecule has 0 saturated carbocycles. The molecule has 1 aromatic heterocycles. The molecule has 17 heavy (non-hydrogen) atoms. The standard InChI is InChI=1S/C11H19N3O2S/c1-9(10-6-12-8-17-10)14(7-11(15)16)5-4-13(2)3/h6,8-9H,4-5,7H2,1-3H3,(H,15,16). The molecule has 0 fully saturated rings. The Balaban J connectivity index is 2.64. The zero-order valence-electron chi connectivity index (χ0n) is 10.5. The first-order valence-electron chi connectivity index (χ1n) is 5.49. The molecule has 0 amide bonds. The molecule has 0 radical (unpaired) electrons. The van der Waals surface area contributed by atoms with Crippen molar-refractivity contribution in [1.82, 2.24) is 14.8 Å². The fourth-order valence-corrected chi connectivity index (χ4v) is 2.23. The summed E-state index contributed by atoms with van der Waals surface area (Å²) in [6.07, 6.45) is 1.81. The molecule has 0 aliphatic heterocycles. The van der Waals surface area contributed by atoms with Crippen LogP contribution in [0.2, 0.25) is 0 Å². The lowest BCUT2D eigenvalue weighted by atomic mass is 10.2. The van der Waals surface area contributed by atoms with E-state index in [4.69, 9.17) is 5.11 Å². The number of thiazole rings is 1. The Bertz CT molecular complexity index is 340. The van der Waals surface area contributed by atoms with Crippen LogP contribution in [0.4, 0.5) is 0 Å². The molecule has 1 N–H and O–H groups in total. The molecule has 0 aliphatic carbocycles. The van der Waals surface area contributed by atoms with Gasteiger partial charge in [0.1, 0.15) is 0 Å². The monoisotopic (exact) mass is 257 g/mol. The second-order valence-corrected chi connectivity index (χ2v) is 5.17. The van der Waals surface area contributed by atoms with Crippen molar-refractivity contribution in [3.63, 3.8) is 0 Å². The highest BCUT2D eigenvalue weighted by Crippen LogP contribution is 2.22. The van der Waals surface area contributed by atoms with Gasteiger partial charge in [0.2, 0.25) is 0 Å². The number of hydrogen-bond acceptors (Lipinski definition) is 5. The van der Waals surface area contributed by atoms with Crippen molar-refractivity contribution in [3.8, 4) is 0 Å². The van der Waals surface area contributed by atoms with Gasteiger partial charge in [0, 0.05) is 30.2 Å². The number of carbonyl (C=O) groups is 1. The molecule has 5 nitrogen and oxygen atoms in total. The predicted molar refractivity (Wildman–Crippen MR) is 68.3 cm³/mol. The summed E-state index contributed by atoms with van der Waals surface area (Å²) < 4.78 is 0. The number of aromatic nitrogens is 1. The molecule has 1 atom stereocenters. The van der Waals surface area contributed by atoms with Gasteiger partial charge in [0.25, 0.3) is 0 Å². The lowest BCUT2D eigenvalue weighted by Crippen LogP contribution is -2.37. The highest BCUT2D eigenvalue weighted by molar-refractivity contribution is 7.09. The topological polar surface area (TPSA) is 56.7 Å². The number of rotatable bonds is 7. The van der Waals surface area contributed by atoms with E-state index in [2.05, 4.69) is 4.98 Å². The smallest absolute Gasteiger partial charge is 0.317 e. The van der Waals surface area contributed by atoms with Crippen molar-refractivity contribution in [1.29, 1.82) is 0 Å². The van der Waals surface area contributed by atoms with Crippen LogP contribution < -0.4 is 0 Å². The summed E-state index contributed by atoms with van der Waals surface area (Å²) in [5.74, 6) is -0.792. The maximum atomic E-state index is 10.9. The van der Waals surface area contributed by atoms with E-state index in [0.29, 0.717) is 0 Å². The lowest BCUT2D eigenvalue weighted by Gasteiger charge is -2.27. The molecule has 96 valence electrons. The first-order valence-corrected chi connectivity index (χ1v) is 6.37. The van der Waals surface area contributed by atoms with Crippen LogP contribution in [0, 0.1) is 0 Å². The average molecular weight is 257 g/mol. The third-order valence-corrected chi connectivity index (χ3v) is 3.53. The van der Waals surface area contributed by atoms with Crippen molar-refractivity contribution in [2.24, 2.45) is 0 Å². The van der Waals surface area contributed by atoms with Gasteiger partial charge in [-0.3, -0.25) is 14.7 Å². The maximum Gasteiger partial charge on any atom is 0.317 e. The first kappa shape index (κ1) is 14.1. The van der Waals surface area contributed by atoms with Gasteiger partial charge >= 0.3 is 5.97 Å². The summed E-state index contributed by atoms with van der Waals surface area (Å²) in [7, 11) is 3.96. The number of hydrogen-bond donors (Lipinski definition) is 1. The third kappa shape index (κ3) is 4.80. The molecule has 0 aromatic carbocycles. The van der Waals surface area contributed by atoms with Gasteiger partial charge in [-0.2, -0.15) is 0 Å².